The number of benzene rings is 1. The van der Waals surface area contributed by atoms with E-state index in [4.69, 9.17) is 0 Å². The van der Waals surface area contributed by atoms with Gasteiger partial charge >= 0.3 is 0 Å². The number of carbonyl (C=O) groups is 1. The molecule has 1 fully saturated rings. The largest absolute Gasteiger partial charge is 0.393 e. The summed E-state index contributed by atoms with van der Waals surface area (Å²) in [6, 6.07) is 10.7. The molecule has 4 rings (SSSR count). The molecular formula is C22H25N5O3. The molecule has 1 amide bonds. The van der Waals surface area contributed by atoms with Crippen molar-refractivity contribution in [1.29, 1.82) is 0 Å². The lowest BCUT2D eigenvalue weighted by Crippen LogP contribution is -2.29. The van der Waals surface area contributed by atoms with Gasteiger partial charge < -0.3 is 20.8 Å². The van der Waals surface area contributed by atoms with Crippen LogP contribution in [0.4, 0.5) is 11.8 Å². The van der Waals surface area contributed by atoms with Gasteiger partial charge in [0.2, 0.25) is 5.95 Å². The van der Waals surface area contributed by atoms with E-state index in [1.165, 1.54) is 0 Å². The predicted molar refractivity (Wildman–Crippen MR) is 114 cm³/mol. The maximum Gasteiger partial charge on any atom is 0.259 e. The van der Waals surface area contributed by atoms with Crippen LogP contribution >= 0.6 is 0 Å². The SMILES string of the molecule is CC(O)c1cccc(NC(=O)c2cccc3cnc(NC4CCC(O)CC4)nc23)n1. The lowest BCUT2D eigenvalue weighted by Gasteiger charge is -2.26. The van der Waals surface area contributed by atoms with Crippen LogP contribution < -0.4 is 10.6 Å². The number of amides is 1. The van der Waals surface area contributed by atoms with Gasteiger partial charge in [-0.05, 0) is 50.8 Å². The molecule has 2 aromatic heterocycles. The van der Waals surface area contributed by atoms with E-state index in [2.05, 4.69) is 25.6 Å². The van der Waals surface area contributed by atoms with E-state index in [9.17, 15) is 15.0 Å². The van der Waals surface area contributed by atoms with Crippen molar-refractivity contribution in [3.05, 3.63) is 53.9 Å². The number of hydrogen-bond acceptors (Lipinski definition) is 7. The van der Waals surface area contributed by atoms with E-state index in [1.807, 2.05) is 6.07 Å². The summed E-state index contributed by atoms with van der Waals surface area (Å²) in [6.07, 6.45) is 3.99. The van der Waals surface area contributed by atoms with Crippen LogP contribution in [0.5, 0.6) is 0 Å². The molecule has 1 aromatic carbocycles. The molecule has 8 heteroatoms. The molecule has 0 spiro atoms. The first-order valence-corrected chi connectivity index (χ1v) is 10.2. The Hall–Kier alpha value is -3.10. The van der Waals surface area contributed by atoms with Gasteiger partial charge in [-0.25, -0.2) is 15.0 Å². The van der Waals surface area contributed by atoms with Crippen LogP contribution in [0.25, 0.3) is 10.9 Å². The van der Waals surface area contributed by atoms with Crippen LogP contribution in [0.3, 0.4) is 0 Å². The second-order valence-electron chi connectivity index (χ2n) is 7.66. The van der Waals surface area contributed by atoms with Crippen LogP contribution in [-0.2, 0) is 0 Å². The van der Waals surface area contributed by atoms with Crippen molar-refractivity contribution in [2.24, 2.45) is 0 Å². The van der Waals surface area contributed by atoms with Gasteiger partial charge in [0.15, 0.2) is 0 Å². The Bertz CT molecular complexity index is 1050. The lowest BCUT2D eigenvalue weighted by atomic mass is 9.93. The van der Waals surface area contributed by atoms with Gasteiger partial charge in [-0.2, -0.15) is 0 Å². The Morgan fingerprint density at radius 2 is 1.87 bits per heavy atom. The minimum absolute atomic E-state index is 0.208. The van der Waals surface area contributed by atoms with Crippen LogP contribution in [0, 0.1) is 0 Å². The molecule has 1 aliphatic carbocycles. The third-order valence-corrected chi connectivity index (χ3v) is 5.33. The number of fused-ring (bicyclic) bond motifs is 1. The standard InChI is InChI=1S/C22H25N5O3/c1-13(28)18-6-3-7-19(25-18)26-21(30)17-5-2-4-14-12-23-22(27-20(14)17)24-15-8-10-16(29)11-9-15/h2-7,12-13,15-16,28-29H,8-11H2,1H3,(H,23,24,27)(H,25,26,30). The first-order valence-electron chi connectivity index (χ1n) is 10.2. The molecule has 3 aromatic rings. The minimum Gasteiger partial charge on any atom is -0.393 e. The van der Waals surface area contributed by atoms with Gasteiger partial charge in [0.1, 0.15) is 5.82 Å². The molecule has 0 aliphatic heterocycles. The average molecular weight is 407 g/mol. The summed E-state index contributed by atoms with van der Waals surface area (Å²) >= 11 is 0. The van der Waals surface area contributed by atoms with Crippen LogP contribution in [0.2, 0.25) is 0 Å². The van der Waals surface area contributed by atoms with E-state index in [-0.39, 0.29) is 18.1 Å². The molecule has 0 saturated heterocycles. The highest BCUT2D eigenvalue weighted by Crippen LogP contribution is 2.23. The molecule has 30 heavy (non-hydrogen) atoms. The lowest BCUT2D eigenvalue weighted by molar-refractivity contribution is 0.102. The summed E-state index contributed by atoms with van der Waals surface area (Å²) in [5.41, 5.74) is 1.45. The van der Waals surface area contributed by atoms with Crippen molar-refractivity contribution in [2.45, 2.75) is 50.9 Å². The van der Waals surface area contributed by atoms with E-state index < -0.39 is 6.10 Å². The molecule has 1 unspecified atom stereocenters. The number of aliphatic hydroxyl groups excluding tert-OH is 2. The Morgan fingerprint density at radius 1 is 1.10 bits per heavy atom. The van der Waals surface area contributed by atoms with Gasteiger partial charge in [-0.3, -0.25) is 4.79 Å². The van der Waals surface area contributed by atoms with Gasteiger partial charge in [0.25, 0.3) is 5.91 Å². The summed E-state index contributed by atoms with van der Waals surface area (Å²) in [7, 11) is 0. The van der Waals surface area contributed by atoms with E-state index >= 15 is 0 Å². The first-order chi connectivity index (χ1) is 14.5. The van der Waals surface area contributed by atoms with Gasteiger partial charge in [0, 0.05) is 17.6 Å². The molecule has 2 heterocycles. The summed E-state index contributed by atoms with van der Waals surface area (Å²) in [6.45, 7) is 1.62. The number of nitrogens with one attached hydrogen (secondary N) is 2. The zero-order valence-corrected chi connectivity index (χ0v) is 16.7. The Labute approximate surface area is 174 Å². The fraction of sp³-hybridized carbons (Fsp3) is 0.364. The highest BCUT2D eigenvalue weighted by atomic mass is 16.3. The number of aliphatic hydroxyl groups is 2. The second kappa shape index (κ2) is 8.73. The van der Waals surface area contributed by atoms with Gasteiger partial charge in [-0.15, -0.1) is 0 Å². The zero-order valence-electron chi connectivity index (χ0n) is 16.7. The summed E-state index contributed by atoms with van der Waals surface area (Å²) in [4.78, 5) is 26.2. The highest BCUT2D eigenvalue weighted by molar-refractivity contribution is 6.11. The maximum atomic E-state index is 12.9. The quantitative estimate of drug-likeness (QED) is 0.513. The normalized spacial score (nSPS) is 20.0. The number of para-hydroxylation sites is 1. The van der Waals surface area contributed by atoms with Gasteiger partial charge in [-0.1, -0.05) is 18.2 Å². The number of rotatable bonds is 5. The maximum absolute atomic E-state index is 12.9. The molecule has 0 bridgehead atoms. The molecule has 8 nitrogen and oxygen atoms in total. The van der Waals surface area contributed by atoms with Crippen molar-refractivity contribution in [3.8, 4) is 0 Å². The van der Waals surface area contributed by atoms with Crippen LogP contribution in [0.1, 0.15) is 54.8 Å². The van der Waals surface area contributed by atoms with Crippen molar-refractivity contribution in [3.63, 3.8) is 0 Å². The number of nitrogens with zero attached hydrogens (tertiary/aromatic N) is 3. The topological polar surface area (TPSA) is 120 Å². The molecule has 1 saturated carbocycles. The fourth-order valence-corrected chi connectivity index (χ4v) is 3.65. The Balaban J connectivity index is 1.57. The van der Waals surface area contributed by atoms with E-state index in [1.54, 1.807) is 43.5 Å². The monoisotopic (exact) mass is 407 g/mol. The van der Waals surface area contributed by atoms with Crippen LogP contribution in [-0.4, -0.2) is 43.2 Å². The van der Waals surface area contributed by atoms with Crippen LogP contribution in [0.15, 0.2) is 42.6 Å². The van der Waals surface area contributed by atoms with Crippen molar-refractivity contribution in [1.82, 2.24) is 15.0 Å². The van der Waals surface area contributed by atoms with Gasteiger partial charge in [0.05, 0.1) is 29.0 Å². The fourth-order valence-electron chi connectivity index (χ4n) is 3.65. The number of carbonyl (C=O) groups excluding carboxylic acids is 1. The minimum atomic E-state index is -0.721. The van der Waals surface area contributed by atoms with E-state index in [0.29, 0.717) is 28.5 Å². The average Bonchev–Trinajstić information content (AvgIpc) is 2.75. The number of anilines is 2. The Kier molecular flexibility index (Phi) is 5.87. The highest BCUT2D eigenvalue weighted by Gasteiger charge is 2.20. The number of hydrogen-bond donors (Lipinski definition) is 4. The third-order valence-electron chi connectivity index (χ3n) is 5.33. The van der Waals surface area contributed by atoms with Crippen molar-refractivity contribution in [2.75, 3.05) is 10.6 Å². The molecule has 1 atom stereocenters. The summed E-state index contributed by atoms with van der Waals surface area (Å²) in [5, 5.41) is 26.3. The summed E-state index contributed by atoms with van der Waals surface area (Å²) in [5.74, 6) is 0.503. The summed E-state index contributed by atoms with van der Waals surface area (Å²) < 4.78 is 0. The molecule has 4 N–H and O–H groups in total. The molecule has 1 aliphatic rings. The zero-order chi connectivity index (χ0) is 21.1. The number of pyridine rings is 1. The number of aromatic nitrogens is 3. The third kappa shape index (κ3) is 4.55. The predicted octanol–water partition coefficient (Wildman–Crippen LogP) is 3.05. The first kappa shape index (κ1) is 20.2. The Morgan fingerprint density at radius 3 is 2.63 bits per heavy atom. The smallest absolute Gasteiger partial charge is 0.259 e. The van der Waals surface area contributed by atoms with Crippen molar-refractivity contribution >= 4 is 28.6 Å². The molecule has 0 radical (unpaired) electrons. The molecular weight excluding hydrogens is 382 g/mol. The second-order valence-corrected chi connectivity index (χ2v) is 7.66. The molecule has 156 valence electrons. The van der Waals surface area contributed by atoms with E-state index in [0.717, 1.165) is 31.1 Å². The van der Waals surface area contributed by atoms with Crippen molar-refractivity contribution < 1.29 is 15.0 Å².